The molecule has 1 N–H and O–H groups in total. The number of benzene rings is 2. The van der Waals surface area contributed by atoms with Gasteiger partial charge in [-0.25, -0.2) is 14.1 Å². The zero-order valence-electron chi connectivity index (χ0n) is 16.2. The lowest BCUT2D eigenvalue weighted by molar-refractivity contribution is -0.122. The van der Waals surface area contributed by atoms with Crippen molar-refractivity contribution < 1.29 is 18.8 Å². The van der Waals surface area contributed by atoms with Crippen molar-refractivity contribution >= 4 is 40.5 Å². The van der Waals surface area contributed by atoms with Crippen molar-refractivity contribution in [2.75, 3.05) is 4.90 Å². The minimum Gasteiger partial charge on any atom is -0.340 e. The van der Waals surface area contributed by atoms with E-state index in [2.05, 4.69) is 11.9 Å². The Labute approximate surface area is 171 Å². The maximum absolute atomic E-state index is 13.3. The van der Waals surface area contributed by atoms with E-state index in [0.29, 0.717) is 12.1 Å². The van der Waals surface area contributed by atoms with Gasteiger partial charge in [-0.1, -0.05) is 24.3 Å². The second-order valence-electron chi connectivity index (χ2n) is 6.85. The van der Waals surface area contributed by atoms with Gasteiger partial charge in [-0.15, -0.1) is 6.58 Å². The number of halogens is 1. The highest BCUT2D eigenvalue weighted by Gasteiger charge is 2.37. The van der Waals surface area contributed by atoms with Gasteiger partial charge in [-0.05, 0) is 43.3 Å². The van der Waals surface area contributed by atoms with E-state index < -0.39 is 23.7 Å². The molecule has 0 atom stereocenters. The van der Waals surface area contributed by atoms with Crippen LogP contribution in [0.15, 0.2) is 66.8 Å². The average molecular weight is 403 g/mol. The molecule has 0 unspecified atom stereocenters. The Morgan fingerprint density at radius 1 is 1.07 bits per heavy atom. The van der Waals surface area contributed by atoms with Crippen molar-refractivity contribution in [2.45, 2.75) is 13.5 Å². The number of hydrogen-bond acceptors (Lipinski definition) is 3. The van der Waals surface area contributed by atoms with Crippen LogP contribution >= 0.6 is 0 Å². The molecular weight excluding hydrogens is 385 g/mol. The Balaban J connectivity index is 1.85. The van der Waals surface area contributed by atoms with Crippen LogP contribution in [0.3, 0.4) is 0 Å². The number of carbonyl (C=O) groups is 3. The fourth-order valence-electron chi connectivity index (χ4n) is 3.63. The lowest BCUT2D eigenvalue weighted by atomic mass is 10.0. The van der Waals surface area contributed by atoms with Crippen molar-refractivity contribution in [1.82, 2.24) is 9.88 Å². The molecule has 7 heteroatoms. The van der Waals surface area contributed by atoms with E-state index in [1.54, 1.807) is 6.08 Å². The van der Waals surface area contributed by atoms with E-state index >= 15 is 0 Å². The van der Waals surface area contributed by atoms with E-state index in [9.17, 15) is 18.8 Å². The van der Waals surface area contributed by atoms with Crippen LogP contribution in [-0.4, -0.2) is 22.4 Å². The van der Waals surface area contributed by atoms with Gasteiger partial charge < -0.3 is 4.57 Å². The van der Waals surface area contributed by atoms with Gasteiger partial charge in [0.25, 0.3) is 11.8 Å². The third-order valence-corrected chi connectivity index (χ3v) is 5.07. The van der Waals surface area contributed by atoms with Crippen LogP contribution in [0.2, 0.25) is 0 Å². The Morgan fingerprint density at radius 2 is 1.77 bits per heavy atom. The highest BCUT2D eigenvalue weighted by molar-refractivity contribution is 6.39. The first-order valence-electron chi connectivity index (χ1n) is 9.28. The Hall–Kier alpha value is -4.00. The molecule has 1 saturated heterocycles. The van der Waals surface area contributed by atoms with Crippen molar-refractivity contribution in [3.05, 3.63) is 83.8 Å². The largest absolute Gasteiger partial charge is 0.340 e. The second kappa shape index (κ2) is 7.44. The fraction of sp³-hybridized carbons (Fsp3) is 0.0870. The maximum Gasteiger partial charge on any atom is 0.335 e. The lowest BCUT2D eigenvalue weighted by Crippen LogP contribution is -2.54. The average Bonchev–Trinajstić information content (AvgIpc) is 2.98. The summed E-state index contributed by atoms with van der Waals surface area (Å²) in [6.07, 6.45) is 3.27. The van der Waals surface area contributed by atoms with Crippen LogP contribution in [0.25, 0.3) is 17.0 Å². The number of nitrogens with zero attached hydrogens (tertiary/aromatic N) is 2. The van der Waals surface area contributed by atoms with Gasteiger partial charge >= 0.3 is 6.03 Å². The van der Waals surface area contributed by atoms with Crippen molar-refractivity contribution in [3.8, 4) is 0 Å². The zero-order chi connectivity index (χ0) is 21.4. The smallest absolute Gasteiger partial charge is 0.335 e. The number of allylic oxidation sites excluding steroid dienone is 1. The van der Waals surface area contributed by atoms with Gasteiger partial charge in [-0.2, -0.15) is 0 Å². The number of hydrogen-bond donors (Lipinski definition) is 1. The number of barbiturate groups is 1. The Bertz CT molecular complexity index is 1240. The zero-order valence-corrected chi connectivity index (χ0v) is 16.2. The van der Waals surface area contributed by atoms with E-state index in [1.165, 1.54) is 18.2 Å². The first-order chi connectivity index (χ1) is 14.4. The fourth-order valence-corrected chi connectivity index (χ4v) is 3.63. The number of fused-ring (bicyclic) bond motifs is 1. The number of amides is 4. The molecular formula is C23H18FN3O3. The molecule has 0 spiro atoms. The highest BCUT2D eigenvalue weighted by Crippen LogP contribution is 2.29. The maximum atomic E-state index is 13.3. The summed E-state index contributed by atoms with van der Waals surface area (Å²) in [4.78, 5) is 38.7. The SMILES string of the molecule is C=CCn1c(C)c(C=C2C(=O)NC(=O)N(c3ccc(F)cc3)C2=O)c2ccccc21. The molecule has 1 aromatic heterocycles. The quantitative estimate of drug-likeness (QED) is 0.407. The summed E-state index contributed by atoms with van der Waals surface area (Å²) in [5.41, 5.74) is 2.50. The number of para-hydroxylation sites is 1. The number of carbonyl (C=O) groups excluding carboxylic acids is 3. The molecule has 0 radical (unpaired) electrons. The number of aromatic nitrogens is 1. The first kappa shape index (κ1) is 19.3. The number of rotatable bonds is 4. The monoisotopic (exact) mass is 403 g/mol. The summed E-state index contributed by atoms with van der Waals surface area (Å²) in [6, 6.07) is 11.7. The Morgan fingerprint density at radius 3 is 2.47 bits per heavy atom. The second-order valence-corrected chi connectivity index (χ2v) is 6.85. The predicted molar refractivity (Wildman–Crippen MR) is 112 cm³/mol. The molecule has 2 heterocycles. The third kappa shape index (κ3) is 3.10. The van der Waals surface area contributed by atoms with Gasteiger partial charge in [0.2, 0.25) is 0 Å². The molecule has 4 amide bonds. The van der Waals surface area contributed by atoms with Gasteiger partial charge in [-0.3, -0.25) is 14.9 Å². The number of urea groups is 1. The van der Waals surface area contributed by atoms with Crippen LogP contribution in [0, 0.1) is 12.7 Å². The molecule has 6 nitrogen and oxygen atoms in total. The van der Waals surface area contributed by atoms with Crippen LogP contribution in [0.5, 0.6) is 0 Å². The van der Waals surface area contributed by atoms with Gasteiger partial charge in [0.15, 0.2) is 0 Å². The van der Waals surface area contributed by atoms with Crippen LogP contribution in [0.1, 0.15) is 11.3 Å². The molecule has 0 aliphatic carbocycles. The molecule has 0 bridgehead atoms. The molecule has 1 aliphatic rings. The van der Waals surface area contributed by atoms with E-state index in [0.717, 1.165) is 33.6 Å². The van der Waals surface area contributed by atoms with Crippen LogP contribution in [-0.2, 0) is 16.1 Å². The summed E-state index contributed by atoms with van der Waals surface area (Å²) in [5, 5.41) is 3.06. The van der Waals surface area contributed by atoms with E-state index in [1.807, 2.05) is 35.8 Å². The summed E-state index contributed by atoms with van der Waals surface area (Å²) in [7, 11) is 0. The van der Waals surface area contributed by atoms with E-state index in [-0.39, 0.29) is 11.3 Å². The van der Waals surface area contributed by atoms with Crippen LogP contribution in [0.4, 0.5) is 14.9 Å². The molecule has 1 fully saturated rings. The molecule has 2 aromatic carbocycles. The summed E-state index contributed by atoms with van der Waals surface area (Å²) >= 11 is 0. The topological polar surface area (TPSA) is 71.4 Å². The molecule has 0 saturated carbocycles. The van der Waals surface area contributed by atoms with E-state index in [4.69, 9.17) is 0 Å². The number of nitrogens with one attached hydrogen (secondary N) is 1. The number of anilines is 1. The summed E-state index contributed by atoms with van der Waals surface area (Å²) < 4.78 is 15.3. The molecule has 1 aliphatic heterocycles. The number of imide groups is 2. The minimum absolute atomic E-state index is 0.170. The van der Waals surface area contributed by atoms with Gasteiger partial charge in [0.1, 0.15) is 11.4 Å². The van der Waals surface area contributed by atoms with Gasteiger partial charge in [0.05, 0.1) is 5.69 Å². The van der Waals surface area contributed by atoms with Crippen molar-refractivity contribution in [1.29, 1.82) is 0 Å². The van der Waals surface area contributed by atoms with Gasteiger partial charge in [0, 0.05) is 28.7 Å². The molecule has 4 rings (SSSR count). The first-order valence-corrected chi connectivity index (χ1v) is 9.28. The molecule has 30 heavy (non-hydrogen) atoms. The predicted octanol–water partition coefficient (Wildman–Crippen LogP) is 3.94. The summed E-state index contributed by atoms with van der Waals surface area (Å²) in [6.45, 7) is 6.24. The standard InChI is InChI=1S/C23H18FN3O3/c1-3-12-26-14(2)18(17-6-4-5-7-20(17)26)13-19-21(28)25-23(30)27(22(19)29)16-10-8-15(24)9-11-16/h3-11,13H,1,12H2,2H3,(H,25,28,30). The molecule has 3 aromatic rings. The van der Waals surface area contributed by atoms with Crippen molar-refractivity contribution in [2.24, 2.45) is 0 Å². The van der Waals surface area contributed by atoms with Crippen LogP contribution < -0.4 is 10.2 Å². The third-order valence-electron chi connectivity index (χ3n) is 5.07. The lowest BCUT2D eigenvalue weighted by Gasteiger charge is -2.26. The van der Waals surface area contributed by atoms with Crippen molar-refractivity contribution in [3.63, 3.8) is 0 Å². The Kier molecular flexibility index (Phi) is 4.79. The minimum atomic E-state index is -0.875. The summed E-state index contributed by atoms with van der Waals surface area (Å²) in [5.74, 6) is -2.04. The highest BCUT2D eigenvalue weighted by atomic mass is 19.1. The normalized spacial score (nSPS) is 15.7. The molecule has 150 valence electrons.